The number of aromatic amines is 1. The van der Waals surface area contributed by atoms with E-state index in [0.29, 0.717) is 31.6 Å². The quantitative estimate of drug-likeness (QED) is 0.207. The molecular formula is C30H37N5O5S. The van der Waals surface area contributed by atoms with Crippen molar-refractivity contribution in [2.24, 2.45) is 5.73 Å². The van der Waals surface area contributed by atoms with Crippen LogP contribution in [0, 0.1) is 0 Å². The van der Waals surface area contributed by atoms with Crippen molar-refractivity contribution in [2.75, 3.05) is 18.6 Å². The van der Waals surface area contributed by atoms with Gasteiger partial charge in [0.1, 0.15) is 18.1 Å². The Balaban J connectivity index is 1.52. The molecule has 3 amide bonds. The smallest absolute Gasteiger partial charge is 0.326 e. The van der Waals surface area contributed by atoms with Gasteiger partial charge in [-0.2, -0.15) is 11.8 Å². The second-order valence-corrected chi connectivity index (χ2v) is 11.3. The van der Waals surface area contributed by atoms with Crippen LogP contribution in [0.4, 0.5) is 0 Å². The molecule has 0 radical (unpaired) electrons. The van der Waals surface area contributed by atoms with Crippen LogP contribution in [0.3, 0.4) is 0 Å². The fraction of sp³-hybridized carbons (Fsp3) is 0.400. The highest BCUT2D eigenvalue weighted by molar-refractivity contribution is 7.98. The number of benzene rings is 2. The lowest BCUT2D eigenvalue weighted by Gasteiger charge is -2.30. The van der Waals surface area contributed by atoms with Crippen LogP contribution in [0.5, 0.6) is 0 Å². The molecule has 1 aromatic heterocycles. The summed E-state index contributed by atoms with van der Waals surface area (Å²) in [5, 5.41) is 16.2. The predicted octanol–water partition coefficient (Wildman–Crippen LogP) is 2.08. The number of aliphatic carboxylic acids is 1. The molecule has 3 aromatic rings. The highest BCUT2D eigenvalue weighted by atomic mass is 32.2. The van der Waals surface area contributed by atoms with E-state index >= 15 is 0 Å². The molecule has 1 aliphatic heterocycles. The molecule has 1 saturated heterocycles. The number of para-hydroxylation sites is 1. The van der Waals surface area contributed by atoms with Crippen molar-refractivity contribution in [3.63, 3.8) is 0 Å². The average molecular weight is 580 g/mol. The molecule has 10 nitrogen and oxygen atoms in total. The first kappa shape index (κ1) is 30.1. The molecule has 2 aromatic carbocycles. The number of carboxylic acid groups (broad SMARTS) is 1. The zero-order valence-electron chi connectivity index (χ0n) is 23.0. The number of nitrogens with two attached hydrogens (primary N) is 1. The Bertz CT molecular complexity index is 1360. The molecule has 218 valence electrons. The van der Waals surface area contributed by atoms with Gasteiger partial charge < -0.3 is 31.4 Å². The van der Waals surface area contributed by atoms with Crippen LogP contribution in [-0.2, 0) is 32.0 Å². The summed E-state index contributed by atoms with van der Waals surface area (Å²) in [6.07, 6.45) is 5.53. The maximum atomic E-state index is 14.0. The Morgan fingerprint density at radius 3 is 2.51 bits per heavy atom. The van der Waals surface area contributed by atoms with Crippen molar-refractivity contribution in [3.8, 4) is 0 Å². The first-order chi connectivity index (χ1) is 19.8. The summed E-state index contributed by atoms with van der Waals surface area (Å²) in [4.78, 5) is 56.9. The van der Waals surface area contributed by atoms with E-state index in [1.54, 1.807) is 23.9 Å². The van der Waals surface area contributed by atoms with Crippen molar-refractivity contribution in [3.05, 3.63) is 71.9 Å². The van der Waals surface area contributed by atoms with Gasteiger partial charge in [-0.1, -0.05) is 48.5 Å². The van der Waals surface area contributed by atoms with Gasteiger partial charge in [-0.25, -0.2) is 4.79 Å². The van der Waals surface area contributed by atoms with Crippen LogP contribution in [0.1, 0.15) is 30.4 Å². The number of carbonyl (C=O) groups excluding carboxylic acids is 3. The lowest BCUT2D eigenvalue weighted by atomic mass is 10.0. The topological polar surface area (TPSA) is 158 Å². The minimum absolute atomic E-state index is 0.121. The summed E-state index contributed by atoms with van der Waals surface area (Å²) >= 11 is 1.58. The van der Waals surface area contributed by atoms with Gasteiger partial charge in [0, 0.05) is 36.5 Å². The third-order valence-electron chi connectivity index (χ3n) is 7.42. The maximum Gasteiger partial charge on any atom is 0.326 e. The molecule has 0 saturated carbocycles. The van der Waals surface area contributed by atoms with E-state index in [4.69, 9.17) is 5.73 Å². The standard InChI is InChI=1S/C30H37N5O5S/c1-41-15-13-22(31)27(36)33-24(17-20-18-32-23-11-6-5-10-21(20)23)29(38)35-14-7-12-26(35)28(37)34-25(30(39)40)16-19-8-3-2-4-9-19/h2-6,8-11,18,22,24-26,32H,7,12-17,31H2,1H3,(H,33,36)(H,34,37)(H,39,40). The molecular weight excluding hydrogens is 542 g/mol. The molecule has 6 N–H and O–H groups in total. The van der Waals surface area contributed by atoms with Gasteiger partial charge in [-0.15, -0.1) is 0 Å². The lowest BCUT2D eigenvalue weighted by Crippen LogP contribution is -2.57. The van der Waals surface area contributed by atoms with Gasteiger partial charge in [-0.05, 0) is 48.5 Å². The third-order valence-corrected chi connectivity index (χ3v) is 8.06. The number of nitrogens with one attached hydrogen (secondary N) is 3. The Kier molecular flexibility index (Phi) is 10.4. The first-order valence-electron chi connectivity index (χ1n) is 13.8. The molecule has 4 unspecified atom stereocenters. The van der Waals surface area contributed by atoms with E-state index in [-0.39, 0.29) is 12.8 Å². The second kappa shape index (κ2) is 14.2. The molecule has 0 spiro atoms. The highest BCUT2D eigenvalue weighted by Gasteiger charge is 2.39. The molecule has 41 heavy (non-hydrogen) atoms. The van der Waals surface area contributed by atoms with E-state index < -0.39 is 47.9 Å². The van der Waals surface area contributed by atoms with E-state index in [2.05, 4.69) is 15.6 Å². The van der Waals surface area contributed by atoms with Crippen molar-refractivity contribution in [1.29, 1.82) is 0 Å². The van der Waals surface area contributed by atoms with Crippen molar-refractivity contribution in [2.45, 2.75) is 56.3 Å². The minimum atomic E-state index is -1.15. The molecule has 1 aliphatic rings. The van der Waals surface area contributed by atoms with Gasteiger partial charge in [0.05, 0.1) is 6.04 Å². The van der Waals surface area contributed by atoms with Gasteiger partial charge in [-0.3, -0.25) is 14.4 Å². The average Bonchev–Trinajstić information content (AvgIpc) is 3.63. The van der Waals surface area contributed by atoms with Crippen LogP contribution in [-0.4, -0.2) is 81.4 Å². The summed E-state index contributed by atoms with van der Waals surface area (Å²) in [6.45, 7) is 0.326. The van der Waals surface area contributed by atoms with Crippen LogP contribution in [0.15, 0.2) is 60.8 Å². The normalized spacial score (nSPS) is 17.1. The summed E-state index contributed by atoms with van der Waals surface area (Å²) < 4.78 is 0. The number of amides is 3. The number of aromatic nitrogens is 1. The first-order valence-corrected chi connectivity index (χ1v) is 15.1. The van der Waals surface area contributed by atoms with E-state index in [9.17, 15) is 24.3 Å². The van der Waals surface area contributed by atoms with Gasteiger partial charge in [0.15, 0.2) is 0 Å². The number of nitrogens with zero attached hydrogens (tertiary/aromatic N) is 1. The fourth-order valence-electron chi connectivity index (χ4n) is 5.20. The number of rotatable bonds is 13. The Hall–Kier alpha value is -3.83. The number of H-pyrrole nitrogens is 1. The largest absolute Gasteiger partial charge is 0.480 e. The summed E-state index contributed by atoms with van der Waals surface area (Å²) in [7, 11) is 0. The molecule has 11 heteroatoms. The monoisotopic (exact) mass is 579 g/mol. The van der Waals surface area contributed by atoms with Crippen molar-refractivity contribution >= 4 is 46.4 Å². The SMILES string of the molecule is CSCCC(N)C(=O)NC(Cc1c[nH]c2ccccc12)C(=O)N1CCCC1C(=O)NC(Cc1ccccc1)C(=O)O. The van der Waals surface area contributed by atoms with Gasteiger partial charge in [0.25, 0.3) is 0 Å². The number of hydrogen-bond donors (Lipinski definition) is 5. The third kappa shape index (κ3) is 7.68. The number of carbonyl (C=O) groups is 4. The van der Waals surface area contributed by atoms with Crippen LogP contribution in [0.2, 0.25) is 0 Å². The highest BCUT2D eigenvalue weighted by Crippen LogP contribution is 2.23. The maximum absolute atomic E-state index is 14.0. The molecule has 0 bridgehead atoms. The van der Waals surface area contributed by atoms with Crippen molar-refractivity contribution in [1.82, 2.24) is 20.5 Å². The molecule has 1 fully saturated rings. The van der Waals surface area contributed by atoms with Gasteiger partial charge >= 0.3 is 5.97 Å². The Labute approximate surface area is 243 Å². The number of carboxylic acids is 1. The molecule has 4 atom stereocenters. The zero-order chi connectivity index (χ0) is 29.4. The van der Waals surface area contributed by atoms with Gasteiger partial charge in [0.2, 0.25) is 17.7 Å². The minimum Gasteiger partial charge on any atom is -0.480 e. The van der Waals surface area contributed by atoms with Crippen LogP contribution >= 0.6 is 11.8 Å². The molecule has 2 heterocycles. The zero-order valence-corrected chi connectivity index (χ0v) is 23.9. The predicted molar refractivity (Wildman–Crippen MR) is 159 cm³/mol. The summed E-state index contributed by atoms with van der Waals surface area (Å²) in [5.41, 5.74) is 8.65. The van der Waals surface area contributed by atoms with E-state index in [0.717, 1.165) is 22.0 Å². The van der Waals surface area contributed by atoms with Crippen molar-refractivity contribution < 1.29 is 24.3 Å². The second-order valence-electron chi connectivity index (χ2n) is 10.3. The fourth-order valence-corrected chi connectivity index (χ4v) is 5.69. The Morgan fingerprint density at radius 1 is 1.05 bits per heavy atom. The van der Waals surface area contributed by atoms with Crippen LogP contribution < -0.4 is 16.4 Å². The number of fused-ring (bicyclic) bond motifs is 1. The van der Waals surface area contributed by atoms with Crippen LogP contribution in [0.25, 0.3) is 10.9 Å². The lowest BCUT2D eigenvalue weighted by molar-refractivity contribution is -0.144. The van der Waals surface area contributed by atoms with E-state index in [1.165, 1.54) is 4.90 Å². The number of likely N-dealkylation sites (tertiary alicyclic amines) is 1. The molecule has 4 rings (SSSR count). The van der Waals surface area contributed by atoms with E-state index in [1.807, 2.05) is 54.9 Å². The summed E-state index contributed by atoms with van der Waals surface area (Å²) in [5.74, 6) is -1.79. The summed E-state index contributed by atoms with van der Waals surface area (Å²) in [6, 6.07) is 13.0. The number of hydrogen-bond acceptors (Lipinski definition) is 6. The number of thioether (sulfide) groups is 1. The molecule has 0 aliphatic carbocycles. The Morgan fingerprint density at radius 2 is 1.78 bits per heavy atom.